The first-order valence-corrected chi connectivity index (χ1v) is 16.4. The first kappa shape index (κ1) is 37.9. The van der Waals surface area contributed by atoms with Gasteiger partial charge in [-0.1, -0.05) is 93.1 Å². The van der Waals surface area contributed by atoms with Gasteiger partial charge in [-0.25, -0.2) is 4.98 Å². The minimum atomic E-state index is -0.765. The Hall–Kier alpha value is -4.37. The van der Waals surface area contributed by atoms with Crippen molar-refractivity contribution in [1.29, 1.82) is 0 Å². The average Bonchev–Trinajstić information content (AvgIpc) is 3.55. The molecular formula is C37H12B14N2O. The Morgan fingerprint density at radius 3 is 1.67 bits per heavy atom. The maximum absolute atomic E-state index is 15.7. The lowest BCUT2D eigenvalue weighted by atomic mass is 9.57. The number of ketones is 1. The van der Waals surface area contributed by atoms with Crippen LogP contribution in [0.15, 0.2) is 76.6 Å². The molecule has 0 fully saturated rings. The fraction of sp³-hybridized carbons (Fsp3) is 0.0270. The summed E-state index contributed by atoms with van der Waals surface area (Å²) in [5, 5.41) is 0.385. The predicted molar refractivity (Wildman–Crippen MR) is 237 cm³/mol. The molecule has 17 heteroatoms. The minimum Gasteiger partial charge on any atom is -0.291 e. The number of para-hydroxylation sites is 2. The third-order valence-corrected chi connectivity index (χ3v) is 9.91. The molecule has 0 N–H and O–H groups in total. The van der Waals surface area contributed by atoms with E-state index in [2.05, 4.69) is 0 Å². The molecule has 7 rings (SSSR count). The highest BCUT2D eigenvalue weighted by Gasteiger charge is 2.34. The summed E-state index contributed by atoms with van der Waals surface area (Å²) < 4.78 is 1.73. The van der Waals surface area contributed by atoms with Gasteiger partial charge in [0.15, 0.2) is 5.78 Å². The quantitative estimate of drug-likeness (QED) is 0.140. The summed E-state index contributed by atoms with van der Waals surface area (Å²) in [7, 11) is 92.2. The lowest BCUT2D eigenvalue weighted by Gasteiger charge is -2.31. The molecule has 218 valence electrons. The van der Waals surface area contributed by atoms with Crippen molar-refractivity contribution in [2.24, 2.45) is 0 Å². The minimum absolute atomic E-state index is 0.0162. The first-order chi connectivity index (χ1) is 25.5. The van der Waals surface area contributed by atoms with Crippen molar-refractivity contribution in [3.05, 3.63) is 92.6 Å². The molecule has 0 bridgehead atoms. The third-order valence-electron chi connectivity index (χ3n) is 9.91. The highest BCUT2D eigenvalue weighted by Crippen LogP contribution is 2.34. The van der Waals surface area contributed by atoms with Gasteiger partial charge in [0.2, 0.25) is 0 Å². The second-order valence-electron chi connectivity index (χ2n) is 13.0. The molecule has 6 aromatic rings. The molecule has 3 nitrogen and oxygen atoms in total. The number of benzene rings is 5. The van der Waals surface area contributed by atoms with Crippen LogP contribution in [-0.4, -0.2) is 125 Å². The van der Waals surface area contributed by atoms with Crippen molar-refractivity contribution in [3.8, 4) is 11.4 Å². The zero-order valence-electron chi connectivity index (χ0n) is 29.1. The number of carbonyl (C=O) groups excluding carboxylic acids is 1. The molecule has 0 aliphatic heterocycles. The van der Waals surface area contributed by atoms with E-state index in [1.54, 1.807) is 4.57 Å². The van der Waals surface area contributed by atoms with E-state index in [1.807, 2.05) is 54.6 Å². The topological polar surface area (TPSA) is 34.9 Å². The zero-order valence-corrected chi connectivity index (χ0v) is 29.1. The fourth-order valence-corrected chi connectivity index (χ4v) is 7.09. The zero-order chi connectivity index (χ0) is 39.2. The fourth-order valence-electron chi connectivity index (χ4n) is 7.09. The standard InChI is InChI=1S/C37H12B14N2O/c1-11(38)22(39)30(47)21-35(53-14-10-6-5-9-13(14)52-37(53)12-7-3-2-4-8-12)20-15(24(41)31(48)34(51)29(20)46)16(36(21)54)17-23(40)18-19(26(43)25(17)42)28(45)33(50)32(49)27(18)44/h2-10H,1H3/b22-11-,30-21+. The molecule has 0 spiro atoms. The first-order valence-electron chi connectivity index (χ1n) is 16.4. The summed E-state index contributed by atoms with van der Waals surface area (Å²) in [6, 6.07) is 16.5. The van der Waals surface area contributed by atoms with Gasteiger partial charge in [-0.2, -0.15) is 0 Å². The Kier molecular flexibility index (Phi) is 9.64. The summed E-state index contributed by atoms with van der Waals surface area (Å²) in [6.45, 7) is 1.53. The van der Waals surface area contributed by atoms with Gasteiger partial charge in [-0.3, -0.25) is 9.36 Å². The number of allylic oxidation sites excluding steroid dienone is 4. The molecule has 28 radical (unpaired) electrons. The number of hydrogen-bond acceptors (Lipinski definition) is 2. The molecule has 0 saturated carbocycles. The van der Waals surface area contributed by atoms with Crippen LogP contribution in [0.1, 0.15) is 12.5 Å². The number of imidazole rings is 1. The predicted octanol–water partition coefficient (Wildman–Crippen LogP) is -7.98. The monoisotopic (exact) mass is 654 g/mol. The Morgan fingerprint density at radius 1 is 0.574 bits per heavy atom. The molecule has 0 amide bonds. The van der Waals surface area contributed by atoms with Crippen LogP contribution in [0.25, 0.3) is 44.5 Å². The maximum Gasteiger partial charge on any atom is 0.195 e. The number of Topliss-reactive ketones (excluding diaryl/α,β-unsaturated/α-hetero) is 1. The van der Waals surface area contributed by atoms with Crippen LogP contribution in [0, 0.1) is 0 Å². The summed E-state index contributed by atoms with van der Waals surface area (Å²) in [4.78, 5) is 20.6. The normalized spacial score (nSPS) is 14.4. The van der Waals surface area contributed by atoms with Gasteiger partial charge in [-0.05, 0) is 38.9 Å². The van der Waals surface area contributed by atoms with Crippen molar-refractivity contribution in [2.75, 3.05) is 0 Å². The molecule has 0 atom stereocenters. The van der Waals surface area contributed by atoms with E-state index in [0.717, 1.165) is 0 Å². The van der Waals surface area contributed by atoms with E-state index < -0.39 is 5.78 Å². The van der Waals surface area contributed by atoms with Gasteiger partial charge in [-0.15, -0.1) is 32.8 Å². The molecular weight excluding hydrogens is 640 g/mol. The van der Waals surface area contributed by atoms with E-state index in [-0.39, 0.29) is 120 Å². The van der Waals surface area contributed by atoms with Gasteiger partial charge < -0.3 is 0 Å². The second kappa shape index (κ2) is 13.7. The number of fused-ring (bicyclic) bond motifs is 3. The Labute approximate surface area is 332 Å². The van der Waals surface area contributed by atoms with Crippen molar-refractivity contribution >= 4 is 209 Å². The molecule has 0 unspecified atom stereocenters. The van der Waals surface area contributed by atoms with Crippen LogP contribution in [0.5, 0.6) is 0 Å². The summed E-state index contributed by atoms with van der Waals surface area (Å²) in [5.41, 5.74) is 0.359. The second-order valence-corrected chi connectivity index (χ2v) is 13.0. The Morgan fingerprint density at radius 2 is 1.07 bits per heavy atom. The third kappa shape index (κ3) is 5.39. The molecule has 54 heavy (non-hydrogen) atoms. The van der Waals surface area contributed by atoms with Crippen LogP contribution >= 0.6 is 0 Å². The largest absolute Gasteiger partial charge is 0.291 e. The molecule has 1 aliphatic carbocycles. The Bertz CT molecular complexity index is 2890. The molecule has 5 aromatic carbocycles. The molecule has 1 heterocycles. The van der Waals surface area contributed by atoms with Gasteiger partial charge in [0.25, 0.3) is 0 Å². The van der Waals surface area contributed by atoms with E-state index in [0.29, 0.717) is 22.4 Å². The average molecular weight is 652 g/mol. The van der Waals surface area contributed by atoms with Gasteiger partial charge in [0.05, 0.1) is 16.7 Å². The Balaban J connectivity index is 1.87. The highest BCUT2D eigenvalue weighted by atomic mass is 16.1. The summed E-state index contributed by atoms with van der Waals surface area (Å²) >= 11 is 0. The van der Waals surface area contributed by atoms with Crippen molar-refractivity contribution in [3.63, 3.8) is 0 Å². The van der Waals surface area contributed by atoms with E-state index >= 15 is 4.79 Å². The van der Waals surface area contributed by atoms with Gasteiger partial charge >= 0.3 is 0 Å². The van der Waals surface area contributed by atoms with Crippen molar-refractivity contribution in [2.45, 2.75) is 6.92 Å². The van der Waals surface area contributed by atoms with Gasteiger partial charge in [0, 0.05) is 16.7 Å². The van der Waals surface area contributed by atoms with Crippen LogP contribution in [-0.2, 0) is 4.79 Å². The van der Waals surface area contributed by atoms with Crippen LogP contribution < -0.4 is 70.5 Å². The molecule has 1 aromatic heterocycles. The number of nitrogens with zero attached hydrogens (tertiary/aromatic N) is 2. The lowest BCUT2D eigenvalue weighted by molar-refractivity contribution is -0.110. The SMILES string of the molecule is [B]/C(C)=C([B])/C([B])=C1\C(=O)C(c2c([B])c([B])c3c([B])c([B])c([B])c([B])c3c2[B])=c2c([B])c([B])c([B])c([B])c2=C1n1c(-c2ccccc2)nc2ccccc21. The lowest BCUT2D eigenvalue weighted by Crippen LogP contribution is -2.67. The number of aromatic nitrogens is 2. The van der Waals surface area contributed by atoms with Crippen LogP contribution in [0.2, 0.25) is 0 Å². The molecule has 0 saturated heterocycles. The van der Waals surface area contributed by atoms with Crippen molar-refractivity contribution in [1.82, 2.24) is 9.55 Å². The van der Waals surface area contributed by atoms with E-state index in [1.165, 1.54) is 6.92 Å². The maximum atomic E-state index is 15.7. The van der Waals surface area contributed by atoms with Crippen LogP contribution in [0.4, 0.5) is 0 Å². The van der Waals surface area contributed by atoms with Gasteiger partial charge in [0.1, 0.15) is 116 Å². The number of rotatable bonds is 4. The number of carbonyl (C=O) groups is 1. The number of hydrogen-bond donors (Lipinski definition) is 0. The van der Waals surface area contributed by atoms with Crippen molar-refractivity contribution < 1.29 is 4.79 Å². The summed E-state index contributed by atoms with van der Waals surface area (Å²) in [6.07, 6.45) is 0. The van der Waals surface area contributed by atoms with Crippen LogP contribution in [0.3, 0.4) is 0 Å². The smallest absolute Gasteiger partial charge is 0.195 e. The molecule has 1 aliphatic rings. The summed E-state index contributed by atoms with van der Waals surface area (Å²) in [5.74, 6) is -0.358. The van der Waals surface area contributed by atoms with E-state index in [9.17, 15) is 0 Å². The van der Waals surface area contributed by atoms with E-state index in [4.69, 9.17) is 115 Å². The highest BCUT2D eigenvalue weighted by molar-refractivity contribution is 6.72.